The molecule has 0 saturated heterocycles. The highest BCUT2D eigenvalue weighted by atomic mass is 32.2. The van der Waals surface area contributed by atoms with Crippen molar-refractivity contribution >= 4 is 23.4 Å². The smallest absolute Gasteiger partial charge is 0.251 e. The van der Waals surface area contributed by atoms with Crippen LogP contribution in [0.3, 0.4) is 0 Å². The van der Waals surface area contributed by atoms with Crippen molar-refractivity contribution in [3.05, 3.63) is 41.3 Å². The van der Waals surface area contributed by atoms with E-state index in [0.717, 1.165) is 17.0 Å². The van der Waals surface area contributed by atoms with Gasteiger partial charge in [0, 0.05) is 11.3 Å². The minimum atomic E-state index is -0.0276. The van der Waals surface area contributed by atoms with Gasteiger partial charge in [-0.3, -0.25) is 4.79 Å². The third-order valence-electron chi connectivity index (χ3n) is 2.27. The SMILES string of the molecule is CCCCSC=C(C)C(=O)Nc1ccccc1. The number of para-hydroxylation sites is 1. The van der Waals surface area contributed by atoms with Gasteiger partial charge in [-0.25, -0.2) is 0 Å². The normalized spacial score (nSPS) is 11.3. The number of thioether (sulfide) groups is 1. The molecule has 0 bridgehead atoms. The Morgan fingerprint density at radius 3 is 2.71 bits per heavy atom. The topological polar surface area (TPSA) is 29.1 Å². The summed E-state index contributed by atoms with van der Waals surface area (Å²) >= 11 is 1.70. The van der Waals surface area contributed by atoms with Gasteiger partial charge in [-0.2, -0.15) is 0 Å². The third kappa shape index (κ3) is 5.59. The Morgan fingerprint density at radius 2 is 2.06 bits per heavy atom. The van der Waals surface area contributed by atoms with E-state index in [1.165, 1.54) is 12.8 Å². The summed E-state index contributed by atoms with van der Waals surface area (Å²) in [7, 11) is 0. The van der Waals surface area contributed by atoms with E-state index in [-0.39, 0.29) is 5.91 Å². The molecule has 0 unspecified atom stereocenters. The molecule has 0 fully saturated rings. The molecule has 17 heavy (non-hydrogen) atoms. The number of anilines is 1. The Labute approximate surface area is 107 Å². The van der Waals surface area contributed by atoms with Gasteiger partial charge in [-0.05, 0) is 36.6 Å². The van der Waals surface area contributed by atoms with Gasteiger partial charge in [-0.1, -0.05) is 31.5 Å². The number of rotatable bonds is 6. The summed E-state index contributed by atoms with van der Waals surface area (Å²) in [6.45, 7) is 4.01. The maximum Gasteiger partial charge on any atom is 0.251 e. The van der Waals surface area contributed by atoms with Crippen LogP contribution in [0.2, 0.25) is 0 Å². The van der Waals surface area contributed by atoms with Crippen LogP contribution in [-0.2, 0) is 4.79 Å². The minimum absolute atomic E-state index is 0.0276. The third-order valence-corrected chi connectivity index (χ3v) is 3.31. The van der Waals surface area contributed by atoms with E-state index in [0.29, 0.717) is 0 Å². The summed E-state index contributed by atoms with van der Waals surface area (Å²) in [4.78, 5) is 11.8. The molecule has 0 aliphatic rings. The molecule has 0 aliphatic carbocycles. The second-order valence-corrected chi connectivity index (χ2v) is 4.82. The zero-order valence-corrected chi connectivity index (χ0v) is 11.2. The van der Waals surface area contributed by atoms with Crippen molar-refractivity contribution in [2.24, 2.45) is 0 Å². The van der Waals surface area contributed by atoms with Crippen molar-refractivity contribution in [2.75, 3.05) is 11.1 Å². The van der Waals surface area contributed by atoms with Gasteiger partial charge in [0.05, 0.1) is 0 Å². The number of hydrogen-bond acceptors (Lipinski definition) is 2. The molecule has 1 aromatic carbocycles. The van der Waals surface area contributed by atoms with Crippen LogP contribution in [0.4, 0.5) is 5.69 Å². The summed E-state index contributed by atoms with van der Waals surface area (Å²) in [5.74, 6) is 1.05. The molecule has 1 amide bonds. The number of hydrogen-bond donors (Lipinski definition) is 1. The fourth-order valence-corrected chi connectivity index (χ4v) is 2.15. The lowest BCUT2D eigenvalue weighted by Crippen LogP contribution is -2.12. The predicted molar refractivity (Wildman–Crippen MR) is 76.2 cm³/mol. The molecule has 1 N–H and O–H groups in total. The quantitative estimate of drug-likeness (QED) is 0.608. The number of carbonyl (C=O) groups excluding carboxylic acids is 1. The molecular weight excluding hydrogens is 230 g/mol. The molecule has 3 heteroatoms. The van der Waals surface area contributed by atoms with Crippen molar-refractivity contribution in [1.82, 2.24) is 0 Å². The fourth-order valence-electron chi connectivity index (χ4n) is 1.22. The van der Waals surface area contributed by atoms with E-state index in [1.807, 2.05) is 42.7 Å². The van der Waals surface area contributed by atoms with Gasteiger partial charge in [0.2, 0.25) is 0 Å². The van der Waals surface area contributed by atoms with Crippen molar-refractivity contribution in [2.45, 2.75) is 26.7 Å². The Morgan fingerprint density at radius 1 is 1.35 bits per heavy atom. The average Bonchev–Trinajstić information content (AvgIpc) is 2.35. The lowest BCUT2D eigenvalue weighted by atomic mass is 10.3. The Kier molecular flexibility index (Phi) is 6.48. The standard InChI is InChI=1S/C14H19NOS/c1-3-4-10-17-11-12(2)14(16)15-13-8-6-5-7-9-13/h5-9,11H,3-4,10H2,1-2H3,(H,15,16). The number of carbonyl (C=O) groups is 1. The van der Waals surface area contributed by atoms with Crippen LogP contribution in [0.15, 0.2) is 41.3 Å². The van der Waals surface area contributed by atoms with E-state index >= 15 is 0 Å². The zero-order chi connectivity index (χ0) is 12.5. The molecule has 1 rings (SSSR count). The van der Waals surface area contributed by atoms with Gasteiger partial charge < -0.3 is 5.32 Å². The lowest BCUT2D eigenvalue weighted by Gasteiger charge is -2.04. The van der Waals surface area contributed by atoms with Gasteiger partial charge >= 0.3 is 0 Å². The fraction of sp³-hybridized carbons (Fsp3) is 0.357. The van der Waals surface area contributed by atoms with Crippen LogP contribution in [0.1, 0.15) is 26.7 Å². The Hall–Kier alpha value is -1.22. The molecule has 92 valence electrons. The summed E-state index contributed by atoms with van der Waals surface area (Å²) in [6, 6.07) is 9.51. The highest BCUT2D eigenvalue weighted by Gasteiger charge is 2.03. The molecule has 0 saturated carbocycles. The van der Waals surface area contributed by atoms with Gasteiger partial charge in [0.1, 0.15) is 0 Å². The summed E-state index contributed by atoms with van der Waals surface area (Å²) in [5, 5.41) is 4.80. The minimum Gasteiger partial charge on any atom is -0.322 e. The van der Waals surface area contributed by atoms with Crippen LogP contribution >= 0.6 is 11.8 Å². The van der Waals surface area contributed by atoms with Crippen LogP contribution in [-0.4, -0.2) is 11.7 Å². The van der Waals surface area contributed by atoms with Crippen molar-refractivity contribution < 1.29 is 4.79 Å². The maximum atomic E-state index is 11.8. The van der Waals surface area contributed by atoms with Crippen LogP contribution in [0.5, 0.6) is 0 Å². The Balaban J connectivity index is 2.41. The number of amides is 1. The van der Waals surface area contributed by atoms with Gasteiger partial charge in [-0.15, -0.1) is 11.8 Å². The molecule has 0 atom stereocenters. The number of unbranched alkanes of at least 4 members (excludes halogenated alkanes) is 1. The monoisotopic (exact) mass is 249 g/mol. The van der Waals surface area contributed by atoms with Crippen molar-refractivity contribution in [1.29, 1.82) is 0 Å². The second-order valence-electron chi connectivity index (χ2n) is 3.85. The van der Waals surface area contributed by atoms with E-state index in [9.17, 15) is 4.79 Å². The van der Waals surface area contributed by atoms with E-state index < -0.39 is 0 Å². The van der Waals surface area contributed by atoms with Crippen LogP contribution < -0.4 is 5.32 Å². The highest BCUT2D eigenvalue weighted by Crippen LogP contribution is 2.12. The molecular formula is C14H19NOS. The van der Waals surface area contributed by atoms with E-state index in [1.54, 1.807) is 11.8 Å². The summed E-state index contributed by atoms with van der Waals surface area (Å²) in [6.07, 6.45) is 2.38. The van der Waals surface area contributed by atoms with Crippen molar-refractivity contribution in [3.63, 3.8) is 0 Å². The Bertz CT molecular complexity index is 373. The lowest BCUT2D eigenvalue weighted by molar-refractivity contribution is -0.112. The maximum absolute atomic E-state index is 11.8. The first-order valence-electron chi connectivity index (χ1n) is 5.88. The predicted octanol–water partition coefficient (Wildman–Crippen LogP) is 4.06. The van der Waals surface area contributed by atoms with E-state index in [4.69, 9.17) is 0 Å². The number of benzene rings is 1. The molecule has 1 aromatic rings. The molecule has 0 radical (unpaired) electrons. The summed E-state index contributed by atoms with van der Waals surface area (Å²) in [5.41, 5.74) is 1.60. The van der Waals surface area contributed by atoms with Gasteiger partial charge in [0.25, 0.3) is 5.91 Å². The molecule has 0 aromatic heterocycles. The van der Waals surface area contributed by atoms with Crippen LogP contribution in [0.25, 0.3) is 0 Å². The molecule has 0 spiro atoms. The largest absolute Gasteiger partial charge is 0.322 e. The summed E-state index contributed by atoms with van der Waals surface area (Å²) < 4.78 is 0. The first kappa shape index (κ1) is 13.8. The first-order chi connectivity index (χ1) is 8.24. The molecule has 0 heterocycles. The van der Waals surface area contributed by atoms with Crippen LogP contribution in [0, 0.1) is 0 Å². The first-order valence-corrected chi connectivity index (χ1v) is 6.93. The van der Waals surface area contributed by atoms with E-state index in [2.05, 4.69) is 12.2 Å². The van der Waals surface area contributed by atoms with Crippen molar-refractivity contribution in [3.8, 4) is 0 Å². The molecule has 2 nitrogen and oxygen atoms in total. The van der Waals surface area contributed by atoms with Gasteiger partial charge in [0.15, 0.2) is 0 Å². The number of nitrogens with one attached hydrogen (secondary N) is 1. The average molecular weight is 249 g/mol. The highest BCUT2D eigenvalue weighted by molar-refractivity contribution is 8.02. The molecule has 0 aliphatic heterocycles. The second kappa shape index (κ2) is 7.96. The zero-order valence-electron chi connectivity index (χ0n) is 10.4.